The van der Waals surface area contributed by atoms with E-state index in [4.69, 9.17) is 28.5 Å². The van der Waals surface area contributed by atoms with E-state index in [1.165, 1.54) is 11.5 Å². The monoisotopic (exact) mass is 193 g/mol. The number of rotatable bonds is 0. The maximum atomic E-state index is 8.46. The second-order valence-electron chi connectivity index (χ2n) is 1.63. The second kappa shape index (κ2) is 2.75. The van der Waals surface area contributed by atoms with Crippen LogP contribution in [0.4, 0.5) is 0 Å². The zero-order chi connectivity index (χ0) is 7.72. The van der Waals surface area contributed by atoms with Crippen LogP contribution in [0, 0.1) is 11.3 Å². The Morgan fingerprint density at radius 2 is 2.20 bits per heavy atom. The van der Waals surface area contributed by atoms with Gasteiger partial charge in [0, 0.05) is 0 Å². The number of aryl methyl sites for hydroxylation is 1. The van der Waals surface area contributed by atoms with Crippen molar-refractivity contribution in [1.29, 1.82) is 5.26 Å². The number of hydrogen-bond acceptors (Lipinski definition) is 2. The third kappa shape index (κ3) is 1.10. The van der Waals surface area contributed by atoms with Crippen molar-refractivity contribution in [2.75, 3.05) is 0 Å². The van der Waals surface area contributed by atoms with Crippen molar-refractivity contribution in [3.8, 4) is 6.07 Å². The molecule has 5 heteroatoms. The Labute approximate surface area is 72.4 Å². The summed E-state index contributed by atoms with van der Waals surface area (Å²) in [6.07, 6.45) is 0. The first-order valence-corrected chi connectivity index (χ1v) is 3.94. The van der Waals surface area contributed by atoms with Crippen molar-refractivity contribution in [3.63, 3.8) is 0 Å². The Morgan fingerprint density at radius 3 is 2.40 bits per heavy atom. The van der Waals surface area contributed by atoms with Gasteiger partial charge in [0.05, 0.1) is 0 Å². The number of nitrogens with zero attached hydrogens (tertiary/aromatic N) is 2. The topological polar surface area (TPSA) is 27.7 Å². The SMILES string of the molecule is C[n+]1sc(C#N)c(Cl)c1Cl. The molecule has 0 fully saturated rings. The van der Waals surface area contributed by atoms with Crippen LogP contribution in [0.5, 0.6) is 0 Å². The zero-order valence-corrected chi connectivity index (χ0v) is 7.39. The lowest BCUT2D eigenvalue weighted by molar-refractivity contribution is -0.598. The maximum absolute atomic E-state index is 8.46. The normalized spacial score (nSPS) is 9.40. The minimum atomic E-state index is 0.344. The van der Waals surface area contributed by atoms with E-state index in [-0.39, 0.29) is 0 Å². The highest BCUT2D eigenvalue weighted by Gasteiger charge is 2.19. The van der Waals surface area contributed by atoms with Gasteiger partial charge in [-0.25, -0.2) is 0 Å². The molecule has 0 bridgehead atoms. The average molecular weight is 194 g/mol. The molecule has 0 aliphatic rings. The summed E-state index contributed by atoms with van der Waals surface area (Å²) in [4.78, 5) is 0.453. The number of aromatic nitrogens is 1. The lowest BCUT2D eigenvalue weighted by Crippen LogP contribution is -2.21. The fraction of sp³-hybridized carbons (Fsp3) is 0.200. The van der Waals surface area contributed by atoms with Crippen LogP contribution in [0.15, 0.2) is 0 Å². The first-order chi connectivity index (χ1) is 4.66. The van der Waals surface area contributed by atoms with E-state index >= 15 is 0 Å². The smallest absolute Gasteiger partial charge is 0.191 e. The molecule has 0 aromatic carbocycles. The summed E-state index contributed by atoms with van der Waals surface area (Å²) >= 11 is 12.5. The summed E-state index contributed by atoms with van der Waals surface area (Å²) < 4.78 is 1.64. The van der Waals surface area contributed by atoms with Crippen LogP contribution >= 0.6 is 34.7 Å². The van der Waals surface area contributed by atoms with Gasteiger partial charge < -0.3 is 0 Å². The molecular formula is C5H3Cl2N2S+. The standard InChI is InChI=1S/C5H3Cl2N2S/c1-9-5(7)4(6)3(2-8)10-9/h1H3/q+1. The summed E-state index contributed by atoms with van der Waals surface area (Å²) in [6.45, 7) is 0. The molecule has 0 saturated carbocycles. The molecular weight excluding hydrogens is 191 g/mol. The third-order valence-electron chi connectivity index (χ3n) is 0.987. The summed E-state index contributed by atoms with van der Waals surface area (Å²) in [7, 11) is 1.75. The number of hydrogen-bond donors (Lipinski definition) is 0. The lowest BCUT2D eigenvalue weighted by atomic mass is 10.5. The molecule has 0 saturated heterocycles. The van der Waals surface area contributed by atoms with Crippen molar-refractivity contribution in [1.82, 2.24) is 0 Å². The van der Waals surface area contributed by atoms with Crippen LogP contribution < -0.4 is 3.96 Å². The van der Waals surface area contributed by atoms with Gasteiger partial charge in [0.1, 0.15) is 6.07 Å². The summed E-state index contributed by atoms with van der Waals surface area (Å²) in [6, 6.07) is 1.94. The minimum Gasteiger partial charge on any atom is -0.191 e. The molecule has 0 aliphatic heterocycles. The van der Waals surface area contributed by atoms with Crippen LogP contribution in [-0.2, 0) is 7.05 Å². The highest BCUT2D eigenvalue weighted by molar-refractivity contribution is 7.03. The van der Waals surface area contributed by atoms with Gasteiger partial charge in [-0.15, -0.1) is 3.96 Å². The van der Waals surface area contributed by atoms with Crippen LogP contribution in [0.3, 0.4) is 0 Å². The van der Waals surface area contributed by atoms with E-state index in [1.807, 2.05) is 6.07 Å². The molecule has 0 N–H and O–H groups in total. The van der Waals surface area contributed by atoms with Crippen molar-refractivity contribution < 1.29 is 3.96 Å². The van der Waals surface area contributed by atoms with Gasteiger partial charge >= 0.3 is 5.15 Å². The Balaban J connectivity index is 3.34. The van der Waals surface area contributed by atoms with Crippen molar-refractivity contribution in [3.05, 3.63) is 15.1 Å². The van der Waals surface area contributed by atoms with Crippen molar-refractivity contribution in [2.45, 2.75) is 0 Å². The number of halogens is 2. The molecule has 1 heterocycles. The van der Waals surface area contributed by atoms with E-state index in [2.05, 4.69) is 0 Å². The molecule has 1 aromatic heterocycles. The first-order valence-electron chi connectivity index (χ1n) is 2.41. The fourth-order valence-corrected chi connectivity index (χ4v) is 1.76. The predicted molar refractivity (Wildman–Crippen MR) is 40.2 cm³/mol. The second-order valence-corrected chi connectivity index (χ2v) is 3.51. The Morgan fingerprint density at radius 1 is 1.60 bits per heavy atom. The molecule has 1 aromatic rings. The van der Waals surface area contributed by atoms with Crippen molar-refractivity contribution >= 4 is 34.7 Å². The Bertz CT molecular complexity index is 299. The molecule has 0 spiro atoms. The molecule has 1 rings (SSSR count). The molecule has 52 valence electrons. The Kier molecular flexibility index (Phi) is 2.14. The maximum Gasteiger partial charge on any atom is 0.309 e. The van der Waals surface area contributed by atoms with E-state index in [0.717, 1.165) is 0 Å². The third-order valence-corrected chi connectivity index (χ3v) is 3.04. The van der Waals surface area contributed by atoms with Crippen molar-refractivity contribution in [2.24, 2.45) is 7.05 Å². The summed E-state index contributed by atoms with van der Waals surface area (Å²) in [5.74, 6) is 0. The lowest BCUT2D eigenvalue weighted by Gasteiger charge is -1.74. The van der Waals surface area contributed by atoms with E-state index < -0.39 is 0 Å². The zero-order valence-electron chi connectivity index (χ0n) is 5.06. The Hall–Kier alpha value is -0.300. The van der Waals surface area contributed by atoms with Crippen LogP contribution in [-0.4, -0.2) is 0 Å². The minimum absolute atomic E-state index is 0.344. The molecule has 10 heavy (non-hydrogen) atoms. The fourth-order valence-electron chi connectivity index (χ4n) is 0.518. The van der Waals surface area contributed by atoms with Gasteiger partial charge in [0.15, 0.2) is 28.5 Å². The van der Waals surface area contributed by atoms with Crippen LogP contribution in [0.2, 0.25) is 10.2 Å². The quantitative estimate of drug-likeness (QED) is 0.578. The summed E-state index contributed by atoms with van der Waals surface area (Å²) in [5, 5.41) is 9.22. The van der Waals surface area contributed by atoms with Crippen LogP contribution in [0.1, 0.15) is 4.88 Å². The number of nitriles is 1. The predicted octanol–water partition coefficient (Wildman–Crippen LogP) is 1.75. The highest BCUT2D eigenvalue weighted by atomic mass is 35.5. The van der Waals surface area contributed by atoms with Gasteiger partial charge in [-0.2, -0.15) is 5.26 Å². The van der Waals surface area contributed by atoms with E-state index in [9.17, 15) is 0 Å². The molecule has 0 aliphatic carbocycles. The van der Waals surface area contributed by atoms with Gasteiger partial charge in [0.25, 0.3) is 0 Å². The molecule has 0 atom stereocenters. The average Bonchev–Trinajstić information content (AvgIpc) is 2.17. The molecule has 0 radical (unpaired) electrons. The van der Waals surface area contributed by atoms with Gasteiger partial charge in [-0.1, -0.05) is 11.6 Å². The molecule has 2 nitrogen and oxygen atoms in total. The van der Waals surface area contributed by atoms with Gasteiger partial charge in [-0.3, -0.25) is 0 Å². The largest absolute Gasteiger partial charge is 0.309 e. The molecule has 0 unspecified atom stereocenters. The van der Waals surface area contributed by atoms with Gasteiger partial charge in [0.2, 0.25) is 0 Å². The summed E-state index contributed by atoms with van der Waals surface area (Å²) in [5.41, 5.74) is 0. The highest BCUT2D eigenvalue weighted by Crippen LogP contribution is 2.25. The first kappa shape index (κ1) is 7.80. The van der Waals surface area contributed by atoms with Crippen LogP contribution in [0.25, 0.3) is 0 Å². The molecule has 0 amide bonds. The van der Waals surface area contributed by atoms with E-state index in [0.29, 0.717) is 15.1 Å². The van der Waals surface area contributed by atoms with Gasteiger partial charge in [-0.05, 0) is 11.6 Å². The van der Waals surface area contributed by atoms with E-state index in [1.54, 1.807) is 11.0 Å².